The molecule has 3 rings (SSSR count). The largest absolute Gasteiger partial charge is 0.459 e. The molecule has 2 aromatic rings. The standard InChI is InChI=1S/C14H15NO2S/c16-14(13-2-1-8-17-13)15-6-3-11(4-7-15)12-5-9-18-10-12/h1-2,5,8-11H,3-4,6-7H2. The Hall–Kier alpha value is -1.55. The number of amides is 1. The van der Waals surface area contributed by atoms with Gasteiger partial charge in [0.05, 0.1) is 6.26 Å². The number of furan rings is 1. The summed E-state index contributed by atoms with van der Waals surface area (Å²) in [7, 11) is 0. The molecule has 1 saturated heterocycles. The smallest absolute Gasteiger partial charge is 0.289 e. The van der Waals surface area contributed by atoms with Gasteiger partial charge in [0.1, 0.15) is 0 Å². The van der Waals surface area contributed by atoms with Crippen LogP contribution in [0.4, 0.5) is 0 Å². The van der Waals surface area contributed by atoms with Crippen LogP contribution in [0.25, 0.3) is 0 Å². The van der Waals surface area contributed by atoms with Gasteiger partial charge in [0.25, 0.3) is 5.91 Å². The number of thiophene rings is 1. The third-order valence-corrected chi connectivity index (χ3v) is 4.23. The van der Waals surface area contributed by atoms with Crippen LogP contribution in [0.2, 0.25) is 0 Å². The zero-order valence-electron chi connectivity index (χ0n) is 10.0. The predicted molar refractivity (Wildman–Crippen MR) is 70.9 cm³/mol. The first kappa shape index (κ1) is 11.5. The lowest BCUT2D eigenvalue weighted by Crippen LogP contribution is -2.37. The molecule has 3 nitrogen and oxygen atoms in total. The molecule has 18 heavy (non-hydrogen) atoms. The summed E-state index contributed by atoms with van der Waals surface area (Å²) in [6.07, 6.45) is 3.64. The van der Waals surface area contributed by atoms with Crippen molar-refractivity contribution in [3.05, 3.63) is 46.5 Å². The van der Waals surface area contributed by atoms with Gasteiger partial charge >= 0.3 is 0 Å². The van der Waals surface area contributed by atoms with Gasteiger partial charge in [-0.1, -0.05) is 0 Å². The lowest BCUT2D eigenvalue weighted by Gasteiger charge is -2.31. The molecule has 0 bridgehead atoms. The van der Waals surface area contributed by atoms with Gasteiger partial charge in [-0.05, 0) is 53.3 Å². The van der Waals surface area contributed by atoms with E-state index < -0.39 is 0 Å². The van der Waals surface area contributed by atoms with Gasteiger partial charge in [0.15, 0.2) is 5.76 Å². The zero-order valence-corrected chi connectivity index (χ0v) is 10.9. The summed E-state index contributed by atoms with van der Waals surface area (Å²) in [6.45, 7) is 1.64. The summed E-state index contributed by atoms with van der Waals surface area (Å²) in [5, 5.41) is 4.34. The Kier molecular flexibility index (Phi) is 3.19. The van der Waals surface area contributed by atoms with Crippen LogP contribution in [0, 0.1) is 0 Å². The quantitative estimate of drug-likeness (QED) is 0.830. The number of hydrogen-bond donors (Lipinski definition) is 0. The Morgan fingerprint density at radius 2 is 2.17 bits per heavy atom. The lowest BCUT2D eigenvalue weighted by atomic mass is 9.91. The molecule has 0 aromatic carbocycles. The van der Waals surface area contributed by atoms with Crippen molar-refractivity contribution >= 4 is 17.2 Å². The van der Waals surface area contributed by atoms with Crippen LogP contribution in [0.5, 0.6) is 0 Å². The summed E-state index contributed by atoms with van der Waals surface area (Å²) in [5.74, 6) is 1.07. The van der Waals surface area contributed by atoms with Crippen molar-refractivity contribution in [1.29, 1.82) is 0 Å². The van der Waals surface area contributed by atoms with E-state index in [1.807, 2.05) is 4.90 Å². The third kappa shape index (κ3) is 2.20. The number of likely N-dealkylation sites (tertiary alicyclic amines) is 1. The Morgan fingerprint density at radius 1 is 1.33 bits per heavy atom. The van der Waals surface area contributed by atoms with E-state index in [1.54, 1.807) is 29.7 Å². The first-order chi connectivity index (χ1) is 8.84. The van der Waals surface area contributed by atoms with Crippen molar-refractivity contribution in [1.82, 2.24) is 4.90 Å². The highest BCUT2D eigenvalue weighted by Crippen LogP contribution is 2.29. The third-order valence-electron chi connectivity index (χ3n) is 3.53. The molecule has 1 aliphatic rings. The van der Waals surface area contributed by atoms with Gasteiger partial charge in [-0.3, -0.25) is 4.79 Å². The minimum absolute atomic E-state index is 0.0174. The molecule has 3 heterocycles. The van der Waals surface area contributed by atoms with E-state index in [-0.39, 0.29) is 5.91 Å². The number of carbonyl (C=O) groups is 1. The Bertz CT molecular complexity index is 496. The molecule has 4 heteroatoms. The van der Waals surface area contributed by atoms with E-state index in [0.717, 1.165) is 25.9 Å². The fourth-order valence-corrected chi connectivity index (χ4v) is 3.22. The molecular formula is C14H15NO2S. The zero-order chi connectivity index (χ0) is 12.4. The second kappa shape index (κ2) is 4.98. The second-order valence-electron chi connectivity index (χ2n) is 4.60. The fourth-order valence-electron chi connectivity index (χ4n) is 2.48. The van der Waals surface area contributed by atoms with E-state index in [1.165, 1.54) is 5.56 Å². The Balaban J connectivity index is 1.62. The average Bonchev–Trinajstić information content (AvgIpc) is 3.11. The van der Waals surface area contributed by atoms with E-state index in [4.69, 9.17) is 4.42 Å². The second-order valence-corrected chi connectivity index (χ2v) is 5.38. The molecule has 2 aromatic heterocycles. The Labute approximate surface area is 110 Å². The highest BCUT2D eigenvalue weighted by atomic mass is 32.1. The number of hydrogen-bond acceptors (Lipinski definition) is 3. The van der Waals surface area contributed by atoms with E-state index >= 15 is 0 Å². The van der Waals surface area contributed by atoms with Crippen molar-refractivity contribution in [3.8, 4) is 0 Å². The molecule has 1 amide bonds. The predicted octanol–water partition coefficient (Wildman–Crippen LogP) is 3.36. The molecule has 94 valence electrons. The van der Waals surface area contributed by atoms with Gasteiger partial charge in [-0.15, -0.1) is 0 Å². The molecule has 0 spiro atoms. The van der Waals surface area contributed by atoms with Gasteiger partial charge in [-0.2, -0.15) is 11.3 Å². The summed E-state index contributed by atoms with van der Waals surface area (Å²) in [6, 6.07) is 5.68. The normalized spacial score (nSPS) is 17.0. The van der Waals surface area contributed by atoms with Gasteiger partial charge in [0, 0.05) is 13.1 Å². The highest BCUT2D eigenvalue weighted by Gasteiger charge is 2.25. The first-order valence-electron chi connectivity index (χ1n) is 6.19. The van der Waals surface area contributed by atoms with Crippen LogP contribution in [0.3, 0.4) is 0 Å². The molecule has 1 fully saturated rings. The number of piperidine rings is 1. The van der Waals surface area contributed by atoms with Gasteiger partial charge < -0.3 is 9.32 Å². The Morgan fingerprint density at radius 3 is 2.78 bits per heavy atom. The van der Waals surface area contributed by atoms with Gasteiger partial charge in [-0.25, -0.2) is 0 Å². The maximum atomic E-state index is 12.1. The summed E-state index contributed by atoms with van der Waals surface area (Å²) in [4.78, 5) is 14.0. The van der Waals surface area contributed by atoms with E-state index in [2.05, 4.69) is 16.8 Å². The molecule has 0 saturated carbocycles. The molecule has 1 aliphatic heterocycles. The first-order valence-corrected chi connectivity index (χ1v) is 7.14. The minimum atomic E-state index is 0.0174. The molecule has 0 radical (unpaired) electrons. The number of rotatable bonds is 2. The van der Waals surface area contributed by atoms with E-state index in [0.29, 0.717) is 11.7 Å². The van der Waals surface area contributed by atoms with Crippen molar-refractivity contribution in [2.75, 3.05) is 13.1 Å². The maximum Gasteiger partial charge on any atom is 0.289 e. The van der Waals surface area contributed by atoms with Crippen molar-refractivity contribution < 1.29 is 9.21 Å². The maximum absolute atomic E-state index is 12.1. The summed E-state index contributed by atoms with van der Waals surface area (Å²) >= 11 is 1.74. The van der Waals surface area contributed by atoms with Crippen molar-refractivity contribution in [3.63, 3.8) is 0 Å². The highest BCUT2D eigenvalue weighted by molar-refractivity contribution is 7.07. The molecule has 0 atom stereocenters. The molecule has 0 N–H and O–H groups in total. The van der Waals surface area contributed by atoms with Crippen molar-refractivity contribution in [2.45, 2.75) is 18.8 Å². The van der Waals surface area contributed by atoms with Crippen LogP contribution in [-0.2, 0) is 0 Å². The molecule has 0 unspecified atom stereocenters. The monoisotopic (exact) mass is 261 g/mol. The van der Waals surface area contributed by atoms with Crippen LogP contribution in [0.15, 0.2) is 39.6 Å². The van der Waals surface area contributed by atoms with E-state index in [9.17, 15) is 4.79 Å². The average molecular weight is 261 g/mol. The van der Waals surface area contributed by atoms with Crippen LogP contribution >= 0.6 is 11.3 Å². The number of nitrogens with zero attached hydrogens (tertiary/aromatic N) is 1. The topological polar surface area (TPSA) is 33.5 Å². The molecule has 0 aliphatic carbocycles. The van der Waals surface area contributed by atoms with Crippen LogP contribution < -0.4 is 0 Å². The number of carbonyl (C=O) groups excluding carboxylic acids is 1. The SMILES string of the molecule is O=C(c1ccco1)N1CCC(c2ccsc2)CC1. The minimum Gasteiger partial charge on any atom is -0.459 e. The lowest BCUT2D eigenvalue weighted by molar-refractivity contribution is 0.0681. The summed E-state index contributed by atoms with van der Waals surface area (Å²) < 4.78 is 5.16. The van der Waals surface area contributed by atoms with Crippen LogP contribution in [-0.4, -0.2) is 23.9 Å². The van der Waals surface area contributed by atoms with Gasteiger partial charge in [0.2, 0.25) is 0 Å². The van der Waals surface area contributed by atoms with Crippen LogP contribution in [0.1, 0.15) is 34.9 Å². The molecular weight excluding hydrogens is 246 g/mol. The fraction of sp³-hybridized carbons (Fsp3) is 0.357. The summed E-state index contributed by atoms with van der Waals surface area (Å²) in [5.41, 5.74) is 1.42. The van der Waals surface area contributed by atoms with Crippen molar-refractivity contribution in [2.24, 2.45) is 0 Å².